The van der Waals surface area contributed by atoms with Crippen LogP contribution in [-0.4, -0.2) is 21.0 Å². The Morgan fingerprint density at radius 2 is 1.88 bits per heavy atom. The van der Waals surface area contributed by atoms with Gasteiger partial charge in [0.05, 0.1) is 5.52 Å². The van der Waals surface area contributed by atoms with Gasteiger partial charge in [-0.05, 0) is 43.5 Å². The van der Waals surface area contributed by atoms with Crippen molar-refractivity contribution in [1.29, 1.82) is 0 Å². The molecule has 3 aromatic rings. The van der Waals surface area contributed by atoms with Crippen molar-refractivity contribution >= 4 is 22.7 Å². The maximum absolute atomic E-state index is 13.5. The summed E-state index contributed by atoms with van der Waals surface area (Å²) in [6, 6.07) is 8.12. The molecule has 0 unspecified atom stereocenters. The number of nitrogens with one attached hydrogen (secondary N) is 1. The topological polar surface area (TPSA) is 76.7 Å². The van der Waals surface area contributed by atoms with Crippen molar-refractivity contribution in [3.63, 3.8) is 0 Å². The number of aromatic nitrogens is 3. The Morgan fingerprint density at radius 1 is 1.08 bits per heavy atom. The summed E-state index contributed by atoms with van der Waals surface area (Å²) in [6.45, 7) is 1.72. The van der Waals surface area contributed by atoms with Gasteiger partial charge in [0.1, 0.15) is 5.82 Å². The average molecular weight is 351 g/mol. The summed E-state index contributed by atoms with van der Waals surface area (Å²) < 4.78 is 13.5. The summed E-state index contributed by atoms with van der Waals surface area (Å²) in [6.07, 6.45) is 7.62. The van der Waals surface area contributed by atoms with E-state index in [1.54, 1.807) is 19.2 Å². The molecule has 0 radical (unpaired) electrons. The second-order valence-corrected chi connectivity index (χ2v) is 6.97. The highest BCUT2D eigenvalue weighted by Gasteiger charge is 2.16. The minimum Gasteiger partial charge on any atom is -0.368 e. The standard InChI is InChI=1S/C20H22FN5/c1-12-9-14(11-23-18(12)21)13-7-8-17-16(10-13)19(26-20(22)25-17)24-15-5-3-2-4-6-15/h7-11,15H,2-6H2,1H3,(H3,22,24,25,26). The molecule has 134 valence electrons. The number of anilines is 2. The van der Waals surface area contributed by atoms with Crippen LogP contribution < -0.4 is 11.1 Å². The van der Waals surface area contributed by atoms with Gasteiger partial charge in [0, 0.05) is 28.8 Å². The number of benzene rings is 1. The number of nitrogens with two attached hydrogens (primary N) is 1. The normalized spacial score (nSPS) is 15.3. The lowest BCUT2D eigenvalue weighted by molar-refractivity contribution is 0.462. The smallest absolute Gasteiger partial charge is 0.222 e. The molecule has 0 amide bonds. The van der Waals surface area contributed by atoms with E-state index in [2.05, 4.69) is 20.3 Å². The summed E-state index contributed by atoms with van der Waals surface area (Å²) in [5.41, 5.74) is 9.04. The molecule has 1 fully saturated rings. The largest absolute Gasteiger partial charge is 0.368 e. The minimum atomic E-state index is -0.440. The fourth-order valence-electron chi connectivity index (χ4n) is 3.59. The van der Waals surface area contributed by atoms with Gasteiger partial charge in [-0.1, -0.05) is 25.3 Å². The van der Waals surface area contributed by atoms with Crippen LogP contribution in [0, 0.1) is 12.9 Å². The first-order valence-electron chi connectivity index (χ1n) is 9.06. The highest BCUT2D eigenvalue weighted by atomic mass is 19.1. The molecule has 1 aliphatic carbocycles. The van der Waals surface area contributed by atoms with Crippen LogP contribution in [0.4, 0.5) is 16.2 Å². The molecule has 3 N–H and O–H groups in total. The lowest BCUT2D eigenvalue weighted by atomic mass is 9.95. The third-order valence-corrected chi connectivity index (χ3v) is 5.01. The van der Waals surface area contributed by atoms with Crippen molar-refractivity contribution in [2.24, 2.45) is 0 Å². The number of pyridine rings is 1. The van der Waals surface area contributed by atoms with E-state index in [4.69, 9.17) is 5.73 Å². The van der Waals surface area contributed by atoms with Gasteiger partial charge in [0.25, 0.3) is 0 Å². The van der Waals surface area contributed by atoms with Gasteiger partial charge in [-0.3, -0.25) is 0 Å². The Morgan fingerprint density at radius 3 is 2.65 bits per heavy atom. The summed E-state index contributed by atoms with van der Waals surface area (Å²) >= 11 is 0. The third-order valence-electron chi connectivity index (χ3n) is 5.01. The van der Waals surface area contributed by atoms with Gasteiger partial charge in [0.2, 0.25) is 11.9 Å². The van der Waals surface area contributed by atoms with Gasteiger partial charge >= 0.3 is 0 Å². The predicted molar refractivity (Wildman–Crippen MR) is 102 cm³/mol. The van der Waals surface area contributed by atoms with E-state index in [-0.39, 0.29) is 5.95 Å². The minimum absolute atomic E-state index is 0.267. The first-order valence-corrected chi connectivity index (χ1v) is 9.06. The third kappa shape index (κ3) is 3.31. The molecule has 26 heavy (non-hydrogen) atoms. The van der Waals surface area contributed by atoms with Crippen molar-refractivity contribution in [3.05, 3.63) is 42.0 Å². The second kappa shape index (κ2) is 6.86. The molecule has 0 bridgehead atoms. The molecule has 1 saturated carbocycles. The molecule has 2 heterocycles. The van der Waals surface area contributed by atoms with Gasteiger partial charge in [-0.2, -0.15) is 9.37 Å². The van der Waals surface area contributed by atoms with E-state index >= 15 is 0 Å². The molecule has 0 atom stereocenters. The van der Waals surface area contributed by atoms with Crippen LogP contribution in [0.25, 0.3) is 22.0 Å². The first kappa shape index (κ1) is 16.7. The lowest BCUT2D eigenvalue weighted by Gasteiger charge is -2.24. The van der Waals surface area contributed by atoms with Crippen LogP contribution in [0.2, 0.25) is 0 Å². The Hall–Kier alpha value is -2.76. The van der Waals surface area contributed by atoms with E-state index in [9.17, 15) is 4.39 Å². The lowest BCUT2D eigenvalue weighted by Crippen LogP contribution is -2.23. The molecular formula is C20H22FN5. The number of fused-ring (bicyclic) bond motifs is 1. The highest BCUT2D eigenvalue weighted by Crippen LogP contribution is 2.30. The first-order chi connectivity index (χ1) is 12.6. The number of halogens is 1. The van der Waals surface area contributed by atoms with Crippen LogP contribution in [0.5, 0.6) is 0 Å². The SMILES string of the molecule is Cc1cc(-c2ccc3nc(N)nc(NC4CCCCC4)c3c2)cnc1F. The van der Waals surface area contributed by atoms with Crippen molar-refractivity contribution in [1.82, 2.24) is 15.0 Å². The van der Waals surface area contributed by atoms with Crippen molar-refractivity contribution in [3.8, 4) is 11.1 Å². The van der Waals surface area contributed by atoms with Crippen LogP contribution in [0.3, 0.4) is 0 Å². The van der Waals surface area contributed by atoms with Gasteiger partial charge < -0.3 is 11.1 Å². The summed E-state index contributed by atoms with van der Waals surface area (Å²) in [7, 11) is 0. The molecule has 5 nitrogen and oxygen atoms in total. The van der Waals surface area contributed by atoms with Crippen molar-refractivity contribution < 1.29 is 4.39 Å². The number of rotatable bonds is 3. The maximum atomic E-state index is 13.5. The predicted octanol–water partition coefficient (Wildman–Crippen LogP) is 4.47. The molecule has 2 aromatic heterocycles. The van der Waals surface area contributed by atoms with E-state index in [0.29, 0.717) is 11.6 Å². The molecule has 1 aromatic carbocycles. The van der Waals surface area contributed by atoms with E-state index < -0.39 is 5.95 Å². The van der Waals surface area contributed by atoms with Crippen LogP contribution in [-0.2, 0) is 0 Å². The molecule has 0 spiro atoms. The molecule has 1 aliphatic rings. The van der Waals surface area contributed by atoms with Crippen LogP contribution >= 0.6 is 0 Å². The zero-order valence-electron chi connectivity index (χ0n) is 14.8. The Kier molecular flexibility index (Phi) is 4.41. The molecule has 0 aliphatic heterocycles. The summed E-state index contributed by atoms with van der Waals surface area (Å²) in [5, 5.41) is 4.48. The fourth-order valence-corrected chi connectivity index (χ4v) is 3.59. The van der Waals surface area contributed by atoms with Crippen molar-refractivity contribution in [2.45, 2.75) is 45.1 Å². The quantitative estimate of drug-likeness (QED) is 0.681. The Balaban J connectivity index is 1.76. The van der Waals surface area contributed by atoms with Crippen molar-refractivity contribution in [2.75, 3.05) is 11.1 Å². The fraction of sp³-hybridized carbons (Fsp3) is 0.350. The van der Waals surface area contributed by atoms with Gasteiger partial charge in [-0.25, -0.2) is 9.97 Å². The molecule has 0 saturated heterocycles. The van der Waals surface area contributed by atoms with Crippen LogP contribution in [0.1, 0.15) is 37.7 Å². The summed E-state index contributed by atoms with van der Waals surface area (Å²) in [4.78, 5) is 12.6. The number of hydrogen-bond donors (Lipinski definition) is 2. The number of aryl methyl sites for hydroxylation is 1. The molecular weight excluding hydrogens is 329 g/mol. The Labute approximate surface area is 151 Å². The van der Waals surface area contributed by atoms with Crippen LogP contribution in [0.15, 0.2) is 30.5 Å². The second-order valence-electron chi connectivity index (χ2n) is 6.97. The molecule has 6 heteroatoms. The molecule has 4 rings (SSSR count). The van der Waals surface area contributed by atoms with E-state index in [1.165, 1.54) is 19.3 Å². The Bertz CT molecular complexity index is 950. The van der Waals surface area contributed by atoms with E-state index in [1.807, 2.05) is 18.2 Å². The number of nitrogen functional groups attached to an aromatic ring is 1. The monoisotopic (exact) mass is 351 g/mol. The highest BCUT2D eigenvalue weighted by molar-refractivity contribution is 5.93. The zero-order valence-corrected chi connectivity index (χ0v) is 14.8. The zero-order chi connectivity index (χ0) is 18.1. The maximum Gasteiger partial charge on any atom is 0.222 e. The number of nitrogens with zero attached hydrogens (tertiary/aromatic N) is 3. The van der Waals surface area contributed by atoms with E-state index in [0.717, 1.165) is 40.7 Å². The average Bonchev–Trinajstić information content (AvgIpc) is 2.64. The summed E-state index contributed by atoms with van der Waals surface area (Å²) in [5.74, 6) is 0.598. The van der Waals surface area contributed by atoms with Gasteiger partial charge in [-0.15, -0.1) is 0 Å². The number of hydrogen-bond acceptors (Lipinski definition) is 5. The van der Waals surface area contributed by atoms with Gasteiger partial charge in [0.15, 0.2) is 0 Å².